The molecule has 0 aliphatic carbocycles. The first-order chi connectivity index (χ1) is 13.9. The molecule has 2 N–H and O–H groups in total. The summed E-state index contributed by atoms with van der Waals surface area (Å²) in [5.41, 5.74) is 1.15. The molecular weight excluding hydrogens is 405 g/mol. The number of unbranched alkanes of at least 4 members (excludes halogenated alkanes) is 2. The Bertz CT molecular complexity index is 682. The molecule has 0 spiro atoms. The van der Waals surface area contributed by atoms with Gasteiger partial charge >= 0.3 is 0 Å². The smallest absolute Gasteiger partial charge is 0.233 e. The van der Waals surface area contributed by atoms with Crippen molar-refractivity contribution in [3.05, 3.63) is 29.8 Å². The topological polar surface area (TPSA) is 77.8 Å². The number of rotatable bonds is 13. The maximum Gasteiger partial charge on any atom is 0.233 e. The number of amides is 1. The predicted octanol–water partition coefficient (Wildman–Crippen LogP) is 4.16. The molecule has 1 amide bonds. The minimum atomic E-state index is -3.20. The molecule has 1 aromatic carbocycles. The van der Waals surface area contributed by atoms with Gasteiger partial charge in [-0.1, -0.05) is 45.2 Å². The summed E-state index contributed by atoms with van der Waals surface area (Å²) >= 11 is 1.70. The third-order valence-corrected chi connectivity index (χ3v) is 8.85. The number of aliphatic hydroxyl groups is 1. The van der Waals surface area contributed by atoms with Crippen LogP contribution in [-0.4, -0.2) is 50.7 Å². The molecule has 164 valence electrons. The van der Waals surface area contributed by atoms with E-state index in [0.717, 1.165) is 50.5 Å². The van der Waals surface area contributed by atoms with Crippen LogP contribution in [0, 0.1) is 0 Å². The summed E-state index contributed by atoms with van der Waals surface area (Å²) in [6.45, 7) is 4.52. The molecule has 1 aliphatic rings. The molecule has 0 saturated carbocycles. The fraction of sp³-hybridized carbons (Fsp3) is 0.682. The lowest BCUT2D eigenvalue weighted by Crippen LogP contribution is -2.35. The van der Waals surface area contributed by atoms with E-state index in [1.807, 2.05) is 17.0 Å². The van der Waals surface area contributed by atoms with Crippen LogP contribution in [0.25, 0.3) is 0 Å². The molecule has 0 bridgehead atoms. The van der Waals surface area contributed by atoms with Gasteiger partial charge in [0.1, 0.15) is 0 Å². The van der Waals surface area contributed by atoms with Crippen molar-refractivity contribution >= 4 is 30.3 Å². The zero-order valence-electron chi connectivity index (χ0n) is 17.8. The fourth-order valence-electron chi connectivity index (χ4n) is 3.63. The molecule has 1 saturated heterocycles. The van der Waals surface area contributed by atoms with Crippen LogP contribution in [0.4, 0.5) is 0 Å². The van der Waals surface area contributed by atoms with E-state index in [2.05, 4.69) is 6.92 Å². The van der Waals surface area contributed by atoms with Crippen LogP contribution in [0.15, 0.2) is 24.3 Å². The number of hydrogen-bond acceptors (Lipinski definition) is 4. The van der Waals surface area contributed by atoms with Gasteiger partial charge in [-0.05, 0) is 49.8 Å². The first-order valence-corrected chi connectivity index (χ1v) is 13.8. The van der Waals surface area contributed by atoms with Crippen molar-refractivity contribution in [3.63, 3.8) is 0 Å². The average molecular weight is 442 g/mol. The van der Waals surface area contributed by atoms with Gasteiger partial charge in [0, 0.05) is 18.0 Å². The monoisotopic (exact) mass is 441 g/mol. The number of hydrogen-bond donors (Lipinski definition) is 2. The van der Waals surface area contributed by atoms with E-state index in [0.29, 0.717) is 24.0 Å². The lowest BCUT2D eigenvalue weighted by Gasteiger charge is -2.25. The summed E-state index contributed by atoms with van der Waals surface area (Å²) < 4.78 is 12.0. The van der Waals surface area contributed by atoms with Crippen molar-refractivity contribution in [3.8, 4) is 0 Å². The van der Waals surface area contributed by atoms with Crippen LogP contribution >= 0.6 is 19.1 Å². The Morgan fingerprint density at radius 1 is 1.17 bits per heavy atom. The van der Waals surface area contributed by atoms with Crippen molar-refractivity contribution in [2.45, 2.75) is 76.7 Å². The lowest BCUT2D eigenvalue weighted by molar-refractivity contribution is -0.128. The van der Waals surface area contributed by atoms with Gasteiger partial charge in [0.15, 0.2) is 0 Å². The summed E-state index contributed by atoms with van der Waals surface area (Å²) in [7, 11) is -3.20. The molecule has 3 unspecified atom stereocenters. The van der Waals surface area contributed by atoms with Crippen molar-refractivity contribution in [1.82, 2.24) is 4.90 Å². The molecule has 5 nitrogen and oxygen atoms in total. The first-order valence-electron chi connectivity index (χ1n) is 10.9. The fourth-order valence-corrected chi connectivity index (χ4v) is 5.85. The molecule has 0 radical (unpaired) electrons. The molecule has 29 heavy (non-hydrogen) atoms. The number of benzene rings is 1. The number of carbonyl (C=O) groups is 1. The van der Waals surface area contributed by atoms with Gasteiger partial charge in [-0.15, -0.1) is 11.8 Å². The number of aryl methyl sites for hydroxylation is 1. The summed E-state index contributed by atoms with van der Waals surface area (Å²) in [5.74, 6) is 0.719. The highest BCUT2D eigenvalue weighted by atomic mass is 32.2. The molecule has 1 fully saturated rings. The van der Waals surface area contributed by atoms with Crippen LogP contribution in [0.1, 0.15) is 64.4 Å². The van der Waals surface area contributed by atoms with Crippen LogP contribution in [0.3, 0.4) is 0 Å². The third kappa shape index (κ3) is 7.75. The quantitative estimate of drug-likeness (QED) is 0.355. The normalized spacial score (nSPS) is 20.1. The largest absolute Gasteiger partial charge is 0.393 e. The van der Waals surface area contributed by atoms with Gasteiger partial charge in [0.05, 0.1) is 17.2 Å². The molecule has 0 aromatic heterocycles. The molecular formula is C22H36NO4PS. The minimum absolute atomic E-state index is 0.184. The summed E-state index contributed by atoms with van der Waals surface area (Å²) in [4.78, 5) is 24.1. The van der Waals surface area contributed by atoms with E-state index in [9.17, 15) is 19.4 Å². The molecule has 2 rings (SSSR count). The van der Waals surface area contributed by atoms with Crippen LogP contribution in [-0.2, 0) is 15.8 Å². The Morgan fingerprint density at radius 3 is 2.55 bits per heavy atom. The first kappa shape index (κ1) is 24.5. The number of carbonyl (C=O) groups excluding carboxylic acids is 1. The van der Waals surface area contributed by atoms with E-state index in [1.165, 1.54) is 0 Å². The second-order valence-electron chi connectivity index (χ2n) is 7.87. The molecule has 3 atom stereocenters. The van der Waals surface area contributed by atoms with Crippen LogP contribution < -0.4 is 5.30 Å². The predicted molar refractivity (Wildman–Crippen MR) is 122 cm³/mol. The highest BCUT2D eigenvalue weighted by Crippen LogP contribution is 2.38. The standard InChI is InChI=1S/C22H36NO4PS/c1-3-5-6-9-19(24)15-16-23-21(25)17-29-22(23)10-7-8-18-11-13-20(14-12-18)28(26,27)4-2/h11-14,19,22,24H,3-10,15-17H2,1-2H3,(H,26,27). The Labute approximate surface area is 179 Å². The number of nitrogens with zero attached hydrogens (tertiary/aromatic N) is 1. The summed E-state index contributed by atoms with van der Waals surface area (Å²) in [6.07, 6.45) is 7.54. The molecule has 1 aromatic rings. The Kier molecular flexibility index (Phi) is 10.2. The Hall–Kier alpha value is -0.810. The van der Waals surface area contributed by atoms with E-state index >= 15 is 0 Å². The van der Waals surface area contributed by atoms with Crippen LogP contribution in [0.2, 0.25) is 0 Å². The van der Waals surface area contributed by atoms with Crippen molar-refractivity contribution in [1.29, 1.82) is 0 Å². The van der Waals surface area contributed by atoms with Gasteiger partial charge in [-0.2, -0.15) is 0 Å². The molecule has 1 heterocycles. The zero-order valence-corrected chi connectivity index (χ0v) is 19.5. The lowest BCUT2D eigenvalue weighted by atomic mass is 10.1. The van der Waals surface area contributed by atoms with E-state index in [1.54, 1.807) is 30.8 Å². The highest BCUT2D eigenvalue weighted by Gasteiger charge is 2.31. The SMILES string of the molecule is CCCCCC(O)CCN1C(=O)CSC1CCCc1ccc(P(=O)(O)CC)cc1. The average Bonchev–Trinajstić information content (AvgIpc) is 3.06. The van der Waals surface area contributed by atoms with Gasteiger partial charge in [-0.3, -0.25) is 9.36 Å². The van der Waals surface area contributed by atoms with Gasteiger partial charge in [-0.25, -0.2) is 0 Å². The summed E-state index contributed by atoms with van der Waals surface area (Å²) in [6, 6.07) is 7.40. The summed E-state index contributed by atoms with van der Waals surface area (Å²) in [5, 5.41) is 10.9. The van der Waals surface area contributed by atoms with Crippen LogP contribution in [0.5, 0.6) is 0 Å². The number of aliphatic hydroxyl groups excluding tert-OH is 1. The third-order valence-electron chi connectivity index (χ3n) is 5.60. The maximum absolute atomic E-state index is 12.2. The second-order valence-corrected chi connectivity index (χ2v) is 11.6. The maximum atomic E-state index is 12.2. The molecule has 1 aliphatic heterocycles. The van der Waals surface area contributed by atoms with E-state index < -0.39 is 7.37 Å². The van der Waals surface area contributed by atoms with E-state index in [-0.39, 0.29) is 23.5 Å². The van der Waals surface area contributed by atoms with Gasteiger partial charge < -0.3 is 14.9 Å². The van der Waals surface area contributed by atoms with Crippen molar-refractivity contribution in [2.75, 3.05) is 18.5 Å². The number of thioether (sulfide) groups is 1. The minimum Gasteiger partial charge on any atom is -0.393 e. The second kappa shape index (κ2) is 12.1. The van der Waals surface area contributed by atoms with Gasteiger partial charge in [0.2, 0.25) is 13.3 Å². The Balaban J connectivity index is 1.77. The molecule has 7 heteroatoms. The van der Waals surface area contributed by atoms with Crippen molar-refractivity contribution in [2.24, 2.45) is 0 Å². The highest BCUT2D eigenvalue weighted by molar-refractivity contribution is 8.00. The van der Waals surface area contributed by atoms with Crippen molar-refractivity contribution < 1.29 is 19.4 Å². The van der Waals surface area contributed by atoms with E-state index in [4.69, 9.17) is 0 Å². The zero-order chi connectivity index (χ0) is 21.3. The Morgan fingerprint density at radius 2 is 1.90 bits per heavy atom. The van der Waals surface area contributed by atoms with Gasteiger partial charge in [0.25, 0.3) is 0 Å².